The Labute approximate surface area is 139 Å². The van der Waals surface area contributed by atoms with Crippen molar-refractivity contribution in [3.8, 4) is 0 Å². The van der Waals surface area contributed by atoms with Gasteiger partial charge in [0.25, 0.3) is 0 Å². The molecule has 1 heterocycles. The first-order valence-corrected chi connectivity index (χ1v) is 8.59. The smallest absolute Gasteiger partial charge is 0.239 e. The highest BCUT2D eigenvalue weighted by Gasteiger charge is 2.29. The third-order valence-corrected chi connectivity index (χ3v) is 4.51. The maximum atomic E-state index is 12.5. The average Bonchev–Trinajstić information content (AvgIpc) is 2.59. The van der Waals surface area contributed by atoms with Crippen LogP contribution in [0.5, 0.6) is 0 Å². The molecule has 1 aliphatic heterocycles. The van der Waals surface area contributed by atoms with Crippen molar-refractivity contribution in [2.45, 2.75) is 39.0 Å². The van der Waals surface area contributed by atoms with Gasteiger partial charge in [0.05, 0.1) is 18.8 Å². The van der Waals surface area contributed by atoms with Crippen LogP contribution in [0.1, 0.15) is 32.4 Å². The SMILES string of the molecule is CCN(CC)C(CNC(=O)[C@H]1NCCO[C@@H]1C)c1ccccc1. The van der Waals surface area contributed by atoms with Crippen molar-refractivity contribution in [1.82, 2.24) is 15.5 Å². The predicted octanol–water partition coefficient (Wildman–Crippen LogP) is 1.56. The van der Waals surface area contributed by atoms with Crippen LogP contribution in [0.3, 0.4) is 0 Å². The van der Waals surface area contributed by atoms with E-state index >= 15 is 0 Å². The molecule has 0 saturated carbocycles. The van der Waals surface area contributed by atoms with E-state index in [1.807, 2.05) is 25.1 Å². The van der Waals surface area contributed by atoms with Crippen LogP contribution in [0.25, 0.3) is 0 Å². The monoisotopic (exact) mass is 319 g/mol. The molecule has 1 unspecified atom stereocenters. The van der Waals surface area contributed by atoms with Crippen molar-refractivity contribution in [2.24, 2.45) is 0 Å². The zero-order valence-corrected chi connectivity index (χ0v) is 14.4. The summed E-state index contributed by atoms with van der Waals surface area (Å²) in [6.45, 7) is 10.1. The molecule has 1 aromatic rings. The minimum atomic E-state index is -0.267. The molecule has 5 nitrogen and oxygen atoms in total. The summed E-state index contributed by atoms with van der Waals surface area (Å²) in [6, 6.07) is 10.3. The fraction of sp³-hybridized carbons (Fsp3) is 0.611. The lowest BCUT2D eigenvalue weighted by Crippen LogP contribution is -2.56. The van der Waals surface area contributed by atoms with Crippen LogP contribution in [0, 0.1) is 0 Å². The Kier molecular flexibility index (Phi) is 7.02. The first kappa shape index (κ1) is 17.9. The number of likely N-dealkylation sites (N-methyl/N-ethyl adjacent to an activating group) is 1. The Balaban J connectivity index is 2.01. The van der Waals surface area contributed by atoms with Crippen LogP contribution in [0.2, 0.25) is 0 Å². The van der Waals surface area contributed by atoms with E-state index in [9.17, 15) is 4.79 Å². The van der Waals surface area contributed by atoms with E-state index in [1.165, 1.54) is 5.56 Å². The number of carbonyl (C=O) groups excluding carboxylic acids is 1. The summed E-state index contributed by atoms with van der Waals surface area (Å²) in [5, 5.41) is 6.35. The molecule has 128 valence electrons. The standard InChI is InChI=1S/C18H29N3O2/c1-4-21(5-2)16(15-9-7-6-8-10-15)13-20-18(22)17-14(3)23-12-11-19-17/h6-10,14,16-17,19H,4-5,11-13H2,1-3H3,(H,20,22)/t14-,16?,17+/m1/s1. The van der Waals surface area contributed by atoms with Gasteiger partial charge in [0.1, 0.15) is 6.04 Å². The maximum absolute atomic E-state index is 12.5. The number of morpholine rings is 1. The van der Waals surface area contributed by atoms with Gasteiger partial charge in [-0.2, -0.15) is 0 Å². The van der Waals surface area contributed by atoms with E-state index < -0.39 is 0 Å². The van der Waals surface area contributed by atoms with Gasteiger partial charge in [-0.1, -0.05) is 44.2 Å². The zero-order chi connectivity index (χ0) is 16.7. The van der Waals surface area contributed by atoms with Crippen molar-refractivity contribution < 1.29 is 9.53 Å². The lowest BCUT2D eigenvalue weighted by Gasteiger charge is -2.33. The minimum absolute atomic E-state index is 0.0188. The van der Waals surface area contributed by atoms with Gasteiger partial charge in [0.2, 0.25) is 5.91 Å². The second kappa shape index (κ2) is 9.01. The summed E-state index contributed by atoms with van der Waals surface area (Å²) in [6.07, 6.45) is -0.0904. The summed E-state index contributed by atoms with van der Waals surface area (Å²) < 4.78 is 5.56. The van der Waals surface area contributed by atoms with Crippen LogP contribution >= 0.6 is 0 Å². The molecule has 0 aromatic heterocycles. The van der Waals surface area contributed by atoms with E-state index in [2.05, 4.69) is 41.5 Å². The molecule has 0 radical (unpaired) electrons. The highest BCUT2D eigenvalue weighted by atomic mass is 16.5. The molecule has 23 heavy (non-hydrogen) atoms. The number of nitrogens with zero attached hydrogens (tertiary/aromatic N) is 1. The third kappa shape index (κ3) is 4.77. The minimum Gasteiger partial charge on any atom is -0.375 e. The van der Waals surface area contributed by atoms with Crippen LogP contribution in [0.15, 0.2) is 30.3 Å². The van der Waals surface area contributed by atoms with Crippen molar-refractivity contribution >= 4 is 5.91 Å². The molecule has 0 spiro atoms. The van der Waals surface area contributed by atoms with Gasteiger partial charge in [-0.25, -0.2) is 0 Å². The van der Waals surface area contributed by atoms with Gasteiger partial charge >= 0.3 is 0 Å². The summed E-state index contributed by atoms with van der Waals surface area (Å²) in [7, 11) is 0. The molecule has 2 rings (SSSR count). The van der Waals surface area contributed by atoms with E-state index in [1.54, 1.807) is 0 Å². The van der Waals surface area contributed by atoms with Crippen LogP contribution in [-0.4, -0.2) is 55.7 Å². The molecule has 2 N–H and O–H groups in total. The Morgan fingerprint density at radius 3 is 2.65 bits per heavy atom. The molecular formula is C18H29N3O2. The molecular weight excluding hydrogens is 290 g/mol. The first-order chi connectivity index (χ1) is 11.2. The number of carbonyl (C=O) groups is 1. The molecule has 0 aliphatic carbocycles. The molecule has 1 fully saturated rings. The average molecular weight is 319 g/mol. The number of hydrogen-bond acceptors (Lipinski definition) is 4. The Bertz CT molecular complexity index is 476. The van der Waals surface area contributed by atoms with E-state index in [-0.39, 0.29) is 24.1 Å². The number of amides is 1. The molecule has 1 amide bonds. The summed E-state index contributed by atoms with van der Waals surface area (Å²) >= 11 is 0. The second-order valence-electron chi connectivity index (χ2n) is 5.90. The molecule has 1 aromatic carbocycles. The van der Waals surface area contributed by atoms with Gasteiger partial charge in [0.15, 0.2) is 0 Å². The molecule has 1 aliphatic rings. The van der Waals surface area contributed by atoms with E-state index in [0.717, 1.165) is 19.6 Å². The van der Waals surface area contributed by atoms with Crippen LogP contribution in [0.4, 0.5) is 0 Å². The molecule has 5 heteroatoms. The number of ether oxygens (including phenoxy) is 1. The molecule has 1 saturated heterocycles. The highest BCUT2D eigenvalue weighted by molar-refractivity contribution is 5.82. The Morgan fingerprint density at radius 1 is 1.35 bits per heavy atom. The molecule has 0 bridgehead atoms. The zero-order valence-electron chi connectivity index (χ0n) is 14.4. The summed E-state index contributed by atoms with van der Waals surface area (Å²) in [5.74, 6) is 0.0188. The van der Waals surface area contributed by atoms with Gasteiger partial charge in [-0.15, -0.1) is 0 Å². The second-order valence-corrected chi connectivity index (χ2v) is 5.90. The summed E-state index contributed by atoms with van der Waals surface area (Å²) in [5.41, 5.74) is 1.23. The quantitative estimate of drug-likeness (QED) is 0.801. The topological polar surface area (TPSA) is 53.6 Å². The fourth-order valence-corrected chi connectivity index (χ4v) is 3.13. The van der Waals surface area contributed by atoms with Crippen molar-refractivity contribution in [1.29, 1.82) is 0 Å². The van der Waals surface area contributed by atoms with Crippen molar-refractivity contribution in [3.05, 3.63) is 35.9 Å². The van der Waals surface area contributed by atoms with Crippen LogP contribution in [-0.2, 0) is 9.53 Å². The number of rotatable bonds is 7. The number of hydrogen-bond donors (Lipinski definition) is 2. The number of nitrogens with one attached hydrogen (secondary N) is 2. The van der Waals surface area contributed by atoms with Gasteiger partial charge < -0.3 is 15.4 Å². The van der Waals surface area contributed by atoms with Gasteiger partial charge in [-0.3, -0.25) is 9.69 Å². The fourth-order valence-electron chi connectivity index (χ4n) is 3.13. The van der Waals surface area contributed by atoms with Crippen LogP contribution < -0.4 is 10.6 Å². The van der Waals surface area contributed by atoms with Crippen molar-refractivity contribution in [3.63, 3.8) is 0 Å². The Hall–Kier alpha value is -1.43. The lowest BCUT2D eigenvalue weighted by molar-refractivity contribution is -0.129. The third-order valence-electron chi connectivity index (χ3n) is 4.51. The highest BCUT2D eigenvalue weighted by Crippen LogP contribution is 2.19. The predicted molar refractivity (Wildman–Crippen MR) is 92.3 cm³/mol. The lowest BCUT2D eigenvalue weighted by atomic mass is 10.0. The van der Waals surface area contributed by atoms with E-state index in [0.29, 0.717) is 13.2 Å². The van der Waals surface area contributed by atoms with Gasteiger partial charge in [-0.05, 0) is 25.6 Å². The number of benzene rings is 1. The van der Waals surface area contributed by atoms with Gasteiger partial charge in [0, 0.05) is 13.1 Å². The molecule has 3 atom stereocenters. The Morgan fingerprint density at radius 2 is 2.04 bits per heavy atom. The first-order valence-electron chi connectivity index (χ1n) is 8.59. The maximum Gasteiger partial charge on any atom is 0.239 e. The summed E-state index contributed by atoms with van der Waals surface area (Å²) in [4.78, 5) is 14.8. The normalized spacial score (nSPS) is 22.8. The van der Waals surface area contributed by atoms with E-state index in [4.69, 9.17) is 4.74 Å². The van der Waals surface area contributed by atoms with Crippen molar-refractivity contribution in [2.75, 3.05) is 32.8 Å². The largest absolute Gasteiger partial charge is 0.375 e.